The lowest BCUT2D eigenvalue weighted by Gasteiger charge is -2.13. The summed E-state index contributed by atoms with van der Waals surface area (Å²) in [5.74, 6) is -1.63. The van der Waals surface area contributed by atoms with Crippen LogP contribution in [0.25, 0.3) is 16.7 Å². The molecule has 0 unspecified atom stereocenters. The van der Waals surface area contributed by atoms with Crippen LogP contribution >= 0.6 is 0 Å². The molecule has 0 saturated carbocycles. The third-order valence-electron chi connectivity index (χ3n) is 5.47. The van der Waals surface area contributed by atoms with Crippen LogP contribution in [0.3, 0.4) is 0 Å². The topological polar surface area (TPSA) is 115 Å². The number of aromatic amines is 1. The Morgan fingerprint density at radius 3 is 2.66 bits per heavy atom. The van der Waals surface area contributed by atoms with E-state index in [9.17, 15) is 27.2 Å². The monoisotopic (exact) mass is 524 g/mol. The largest absolute Gasteiger partial charge is 0.435 e. The van der Waals surface area contributed by atoms with Crippen molar-refractivity contribution in [1.82, 2.24) is 24.7 Å². The molecule has 38 heavy (non-hydrogen) atoms. The second-order valence-corrected chi connectivity index (χ2v) is 8.09. The molecule has 0 bridgehead atoms. The summed E-state index contributed by atoms with van der Waals surface area (Å²) < 4.78 is 60.4. The van der Waals surface area contributed by atoms with E-state index >= 15 is 0 Å². The maximum absolute atomic E-state index is 14.8. The van der Waals surface area contributed by atoms with Gasteiger partial charge in [-0.25, -0.2) is 14.4 Å². The average molecular weight is 524 g/mol. The van der Waals surface area contributed by atoms with E-state index in [2.05, 4.69) is 25.4 Å². The first-order valence-corrected chi connectivity index (χ1v) is 11.0. The van der Waals surface area contributed by atoms with E-state index in [-0.39, 0.29) is 34.3 Å². The molecular formula is C25H16F4N6O3. The number of H-pyrrole nitrogens is 1. The average Bonchev–Trinajstić information content (AvgIpc) is 3.35. The van der Waals surface area contributed by atoms with Gasteiger partial charge in [0.2, 0.25) is 5.88 Å². The number of nitrogens with zero attached hydrogens (tertiary/aromatic N) is 4. The third kappa shape index (κ3) is 4.81. The van der Waals surface area contributed by atoms with E-state index in [4.69, 9.17) is 4.74 Å². The summed E-state index contributed by atoms with van der Waals surface area (Å²) in [6.07, 6.45) is -1.74. The fraction of sp³-hybridized carbons (Fsp3) is 0.0800. The zero-order valence-electron chi connectivity index (χ0n) is 19.4. The van der Waals surface area contributed by atoms with Crippen LogP contribution < -0.4 is 15.6 Å². The molecule has 0 radical (unpaired) electrons. The second-order valence-electron chi connectivity index (χ2n) is 8.09. The van der Waals surface area contributed by atoms with Crippen LogP contribution in [-0.4, -0.2) is 30.6 Å². The molecule has 0 spiro atoms. The van der Waals surface area contributed by atoms with Crippen LogP contribution in [0.5, 0.6) is 11.6 Å². The number of halogens is 4. The van der Waals surface area contributed by atoms with E-state index in [0.29, 0.717) is 15.7 Å². The van der Waals surface area contributed by atoms with E-state index in [0.717, 1.165) is 30.3 Å². The van der Waals surface area contributed by atoms with Crippen LogP contribution in [0.1, 0.15) is 21.6 Å². The Hall–Kier alpha value is -5.07. The molecule has 3 aromatic heterocycles. The Morgan fingerprint density at radius 2 is 1.89 bits per heavy atom. The molecule has 1 amide bonds. The summed E-state index contributed by atoms with van der Waals surface area (Å²) in [6.45, 7) is 1.45. The van der Waals surface area contributed by atoms with Gasteiger partial charge in [0.1, 0.15) is 12.0 Å². The summed E-state index contributed by atoms with van der Waals surface area (Å²) in [6, 6.07) is 10.4. The summed E-state index contributed by atoms with van der Waals surface area (Å²) in [5, 5.41) is 6.98. The Balaban J connectivity index is 1.40. The van der Waals surface area contributed by atoms with Gasteiger partial charge in [-0.1, -0.05) is 6.07 Å². The zero-order chi connectivity index (χ0) is 27.0. The van der Waals surface area contributed by atoms with Crippen molar-refractivity contribution in [1.29, 1.82) is 0 Å². The Kier molecular flexibility index (Phi) is 6.11. The number of fused-ring (bicyclic) bond motifs is 1. The number of aryl methyl sites for hydroxylation is 1. The van der Waals surface area contributed by atoms with Gasteiger partial charge >= 0.3 is 6.18 Å². The minimum atomic E-state index is -4.63. The number of hydrogen-bond donors (Lipinski definition) is 2. The highest BCUT2D eigenvalue weighted by atomic mass is 19.4. The first-order valence-electron chi connectivity index (χ1n) is 11.0. The van der Waals surface area contributed by atoms with Crippen molar-refractivity contribution in [2.45, 2.75) is 13.1 Å². The number of hydrogen-bond acceptors (Lipinski definition) is 6. The SMILES string of the molecule is Cc1cc(=O)n(-c2cccc(C(F)(F)F)c2)nc1C(=O)Nc1ccc(Oc2ncnc3[nH]ccc23)c(F)c1. The molecule has 5 rings (SSSR count). The van der Waals surface area contributed by atoms with Crippen LogP contribution in [0.15, 0.2) is 71.9 Å². The normalized spacial score (nSPS) is 11.5. The molecular weight excluding hydrogens is 508 g/mol. The Bertz CT molecular complexity index is 1750. The van der Waals surface area contributed by atoms with Gasteiger partial charge in [-0.15, -0.1) is 0 Å². The Morgan fingerprint density at radius 1 is 1.08 bits per heavy atom. The quantitative estimate of drug-likeness (QED) is 0.312. The Labute approximate surface area is 210 Å². The number of carbonyl (C=O) groups excluding carboxylic acids is 1. The van der Waals surface area contributed by atoms with Gasteiger partial charge in [0.15, 0.2) is 17.3 Å². The molecule has 0 aliphatic carbocycles. The highest BCUT2D eigenvalue weighted by Crippen LogP contribution is 2.31. The minimum absolute atomic E-state index is 0.0485. The van der Waals surface area contributed by atoms with Gasteiger partial charge in [0, 0.05) is 24.0 Å². The summed E-state index contributed by atoms with van der Waals surface area (Å²) in [7, 11) is 0. The minimum Gasteiger partial charge on any atom is -0.435 e. The van der Waals surface area contributed by atoms with Crippen molar-refractivity contribution in [3.63, 3.8) is 0 Å². The van der Waals surface area contributed by atoms with E-state index in [1.165, 1.54) is 31.5 Å². The molecule has 5 aromatic rings. The molecule has 0 aliphatic heterocycles. The number of alkyl halides is 3. The van der Waals surface area contributed by atoms with E-state index in [1.807, 2.05) is 0 Å². The molecule has 0 saturated heterocycles. The van der Waals surface area contributed by atoms with Crippen LogP contribution in [0.2, 0.25) is 0 Å². The first kappa shape index (κ1) is 24.6. The van der Waals surface area contributed by atoms with Crippen molar-refractivity contribution in [2.75, 3.05) is 5.32 Å². The number of anilines is 1. The van der Waals surface area contributed by atoms with Gasteiger partial charge in [-0.3, -0.25) is 9.59 Å². The molecule has 192 valence electrons. The molecule has 0 aliphatic rings. The molecule has 2 N–H and O–H groups in total. The van der Waals surface area contributed by atoms with Gasteiger partial charge in [-0.2, -0.15) is 23.0 Å². The number of amides is 1. The zero-order valence-corrected chi connectivity index (χ0v) is 19.4. The van der Waals surface area contributed by atoms with Crippen LogP contribution in [0, 0.1) is 12.7 Å². The van der Waals surface area contributed by atoms with E-state index < -0.39 is 29.0 Å². The van der Waals surface area contributed by atoms with Crippen molar-refractivity contribution < 1.29 is 27.1 Å². The maximum atomic E-state index is 14.8. The molecule has 13 heteroatoms. The van der Waals surface area contributed by atoms with Crippen LogP contribution in [-0.2, 0) is 6.18 Å². The number of nitrogens with one attached hydrogen (secondary N) is 2. The fourth-order valence-electron chi connectivity index (χ4n) is 3.65. The lowest BCUT2D eigenvalue weighted by molar-refractivity contribution is -0.137. The first-order chi connectivity index (χ1) is 18.1. The third-order valence-corrected chi connectivity index (χ3v) is 5.47. The van der Waals surface area contributed by atoms with Gasteiger partial charge in [0.05, 0.1) is 16.6 Å². The number of rotatable bonds is 5. The number of ether oxygens (including phenoxy) is 1. The highest BCUT2D eigenvalue weighted by Gasteiger charge is 2.30. The van der Waals surface area contributed by atoms with Crippen molar-refractivity contribution >= 4 is 22.6 Å². The van der Waals surface area contributed by atoms with Crippen molar-refractivity contribution in [3.8, 4) is 17.3 Å². The van der Waals surface area contributed by atoms with Gasteiger partial charge < -0.3 is 15.0 Å². The molecule has 3 heterocycles. The molecule has 0 atom stereocenters. The summed E-state index contributed by atoms with van der Waals surface area (Å²) in [4.78, 5) is 36.3. The lowest BCUT2D eigenvalue weighted by atomic mass is 10.2. The van der Waals surface area contributed by atoms with Gasteiger partial charge in [-0.05, 0) is 48.9 Å². The molecule has 9 nitrogen and oxygen atoms in total. The predicted molar refractivity (Wildman–Crippen MR) is 128 cm³/mol. The van der Waals surface area contributed by atoms with Crippen molar-refractivity contribution in [3.05, 3.63) is 100 Å². The highest BCUT2D eigenvalue weighted by molar-refractivity contribution is 6.03. The summed E-state index contributed by atoms with van der Waals surface area (Å²) in [5.41, 5.74) is -1.39. The van der Waals surface area contributed by atoms with Crippen molar-refractivity contribution in [2.24, 2.45) is 0 Å². The number of benzene rings is 2. The van der Waals surface area contributed by atoms with Gasteiger partial charge in [0.25, 0.3) is 11.5 Å². The molecule has 0 fully saturated rings. The summed E-state index contributed by atoms with van der Waals surface area (Å²) >= 11 is 0. The van der Waals surface area contributed by atoms with Crippen LogP contribution in [0.4, 0.5) is 23.2 Å². The predicted octanol–water partition coefficient (Wildman–Crippen LogP) is 5.01. The number of carbonyl (C=O) groups is 1. The van der Waals surface area contributed by atoms with E-state index in [1.54, 1.807) is 12.3 Å². The number of aromatic nitrogens is 5. The molecule has 2 aromatic carbocycles. The smallest absolute Gasteiger partial charge is 0.416 e. The fourth-order valence-corrected chi connectivity index (χ4v) is 3.65. The maximum Gasteiger partial charge on any atom is 0.416 e. The standard InChI is InChI=1S/C25H16F4N6O3/c1-13-9-20(36)35(16-4-2-3-14(10-16)25(27,28)29)34-21(13)23(37)33-15-5-6-19(18(26)11-15)38-24-17-7-8-30-22(17)31-12-32-24/h2-12H,1H3,(H,33,37)(H,30,31,32). The second kappa shape index (κ2) is 9.42. The lowest BCUT2D eigenvalue weighted by Crippen LogP contribution is -2.27.